The quantitative estimate of drug-likeness (QED) is 0.253. The van der Waals surface area contributed by atoms with Crippen LogP contribution in [0.1, 0.15) is 22.6 Å². The molecule has 4 aromatic rings. The number of carbonyl (C=O) groups is 2. The Morgan fingerprint density at radius 1 is 0.868 bits per heavy atom. The first kappa shape index (κ1) is 25.7. The third-order valence-corrected chi connectivity index (χ3v) is 8.21. The highest BCUT2D eigenvalue weighted by Gasteiger charge is 2.28. The van der Waals surface area contributed by atoms with E-state index in [0.717, 1.165) is 16.3 Å². The number of carbonyl (C=O) groups excluding carboxylic acids is 2. The van der Waals surface area contributed by atoms with Gasteiger partial charge in [0.1, 0.15) is 0 Å². The average molecular weight is 531 g/mol. The van der Waals surface area contributed by atoms with Crippen LogP contribution < -0.4 is 4.90 Å². The Balaban J connectivity index is 1.48. The van der Waals surface area contributed by atoms with Gasteiger partial charge in [-0.15, -0.1) is 0 Å². The lowest BCUT2D eigenvalue weighted by Gasteiger charge is -2.27. The summed E-state index contributed by atoms with van der Waals surface area (Å²) >= 11 is 0. The van der Waals surface area contributed by atoms with Gasteiger partial charge >= 0.3 is 0 Å². The van der Waals surface area contributed by atoms with Crippen LogP contribution in [0.25, 0.3) is 10.8 Å². The minimum atomic E-state index is -3.78. The summed E-state index contributed by atoms with van der Waals surface area (Å²) in [7, 11) is -3.78. The van der Waals surface area contributed by atoms with Crippen molar-refractivity contribution in [2.24, 2.45) is 0 Å². The fourth-order valence-electron chi connectivity index (χ4n) is 4.35. The molecule has 1 aliphatic rings. The number of ketones is 1. The topological polar surface area (TPSA) is 110 Å². The summed E-state index contributed by atoms with van der Waals surface area (Å²) in [5.74, 6) is -1.05. The maximum atomic E-state index is 13.5. The number of morpholine rings is 1. The zero-order valence-corrected chi connectivity index (χ0v) is 21.4. The Morgan fingerprint density at radius 3 is 2.37 bits per heavy atom. The van der Waals surface area contributed by atoms with Gasteiger partial charge in [-0.05, 0) is 46.7 Å². The molecule has 2 heterocycles. The summed E-state index contributed by atoms with van der Waals surface area (Å²) < 4.78 is 33.3. The second-order valence-electron chi connectivity index (χ2n) is 8.85. The fourth-order valence-corrected chi connectivity index (χ4v) is 5.79. The first-order valence-corrected chi connectivity index (χ1v) is 13.6. The van der Waals surface area contributed by atoms with Crippen LogP contribution in [0.5, 0.6) is 0 Å². The molecule has 1 fully saturated rings. The highest BCUT2D eigenvalue weighted by Crippen LogP contribution is 2.26. The van der Waals surface area contributed by atoms with Crippen molar-refractivity contribution in [1.82, 2.24) is 14.3 Å². The van der Waals surface area contributed by atoms with Gasteiger partial charge in [-0.3, -0.25) is 9.59 Å². The van der Waals surface area contributed by atoms with E-state index in [0.29, 0.717) is 18.9 Å². The molecule has 1 amide bonds. The maximum absolute atomic E-state index is 13.5. The van der Waals surface area contributed by atoms with Gasteiger partial charge in [0.15, 0.2) is 5.82 Å². The number of hydrogen-bond acceptors (Lipinski definition) is 7. The van der Waals surface area contributed by atoms with Crippen LogP contribution in [-0.4, -0.2) is 60.7 Å². The van der Waals surface area contributed by atoms with Gasteiger partial charge in [-0.1, -0.05) is 42.5 Å². The molecule has 0 aliphatic carbocycles. The molecule has 3 aromatic carbocycles. The first-order valence-electron chi connectivity index (χ1n) is 12.2. The van der Waals surface area contributed by atoms with Gasteiger partial charge in [0.05, 0.1) is 31.1 Å². The summed E-state index contributed by atoms with van der Waals surface area (Å²) in [6.07, 6.45) is 2.42. The number of benzene rings is 3. The van der Waals surface area contributed by atoms with Crippen LogP contribution in [0.4, 0.5) is 5.69 Å². The highest BCUT2D eigenvalue weighted by molar-refractivity contribution is 7.89. The van der Waals surface area contributed by atoms with Gasteiger partial charge in [0.25, 0.3) is 0 Å². The second kappa shape index (κ2) is 11.2. The van der Waals surface area contributed by atoms with E-state index < -0.39 is 28.1 Å². The maximum Gasteiger partial charge on any atom is 0.243 e. The van der Waals surface area contributed by atoms with Crippen molar-refractivity contribution in [3.8, 4) is 0 Å². The number of rotatable bonds is 8. The van der Waals surface area contributed by atoms with E-state index in [2.05, 4.69) is 9.97 Å². The number of aromatic nitrogens is 2. The molecular weight excluding hydrogens is 504 g/mol. The molecule has 10 heteroatoms. The molecule has 1 saturated heterocycles. The van der Waals surface area contributed by atoms with Gasteiger partial charge in [0.2, 0.25) is 21.7 Å². The van der Waals surface area contributed by atoms with Crippen molar-refractivity contribution in [1.29, 1.82) is 0 Å². The van der Waals surface area contributed by atoms with Crippen LogP contribution in [-0.2, 0) is 26.1 Å². The number of nitrogens with zero attached hydrogens (tertiary/aromatic N) is 4. The molecule has 5 rings (SSSR count). The van der Waals surface area contributed by atoms with Crippen molar-refractivity contribution in [3.05, 3.63) is 96.6 Å². The van der Waals surface area contributed by atoms with Crippen LogP contribution in [0.2, 0.25) is 0 Å². The minimum Gasteiger partial charge on any atom is -0.379 e. The smallest absolute Gasteiger partial charge is 0.243 e. The second-order valence-corrected chi connectivity index (χ2v) is 10.8. The number of Topliss-reactive ketones (excluding diaryl/α,β-unsaturated/α-hetero) is 1. The van der Waals surface area contributed by atoms with Crippen LogP contribution in [0.15, 0.2) is 90.1 Å². The Morgan fingerprint density at radius 2 is 1.61 bits per heavy atom. The van der Waals surface area contributed by atoms with Gasteiger partial charge < -0.3 is 9.64 Å². The summed E-state index contributed by atoms with van der Waals surface area (Å²) in [5, 5.41) is 2.07. The first-order chi connectivity index (χ1) is 18.4. The Hall–Kier alpha value is -3.99. The molecule has 38 heavy (non-hydrogen) atoms. The summed E-state index contributed by atoms with van der Waals surface area (Å²) in [6, 6.07) is 21.6. The number of fused-ring (bicyclic) bond motifs is 1. The Bertz CT molecular complexity index is 1570. The van der Waals surface area contributed by atoms with E-state index in [4.69, 9.17) is 4.74 Å². The zero-order valence-electron chi connectivity index (χ0n) is 20.6. The minimum absolute atomic E-state index is 0.0462. The van der Waals surface area contributed by atoms with E-state index in [1.54, 1.807) is 18.2 Å². The molecule has 0 N–H and O–H groups in total. The molecule has 1 aromatic heterocycles. The van der Waals surface area contributed by atoms with E-state index in [1.807, 2.05) is 42.5 Å². The molecule has 194 valence electrons. The van der Waals surface area contributed by atoms with Crippen LogP contribution >= 0.6 is 0 Å². The van der Waals surface area contributed by atoms with Crippen molar-refractivity contribution < 1.29 is 22.7 Å². The average Bonchev–Trinajstić information content (AvgIpc) is 2.96. The fraction of sp³-hybridized carbons (Fsp3) is 0.214. The Kier molecular flexibility index (Phi) is 7.54. The van der Waals surface area contributed by atoms with E-state index in [1.165, 1.54) is 33.7 Å². The van der Waals surface area contributed by atoms with E-state index >= 15 is 0 Å². The molecule has 0 unspecified atom stereocenters. The van der Waals surface area contributed by atoms with Crippen molar-refractivity contribution in [3.63, 3.8) is 0 Å². The number of hydrogen-bond donors (Lipinski definition) is 0. The van der Waals surface area contributed by atoms with Gasteiger partial charge in [-0.25, -0.2) is 18.4 Å². The van der Waals surface area contributed by atoms with Gasteiger partial charge in [-0.2, -0.15) is 4.31 Å². The number of ether oxygens (including phenoxy) is 1. The van der Waals surface area contributed by atoms with E-state index in [-0.39, 0.29) is 30.4 Å². The number of sulfonamides is 1. The van der Waals surface area contributed by atoms with Crippen molar-refractivity contribution in [2.45, 2.75) is 17.9 Å². The number of amides is 1. The van der Waals surface area contributed by atoms with Crippen LogP contribution in [0, 0.1) is 0 Å². The predicted octanol–water partition coefficient (Wildman–Crippen LogP) is 3.46. The molecular formula is C28H26N4O5S. The normalized spacial score (nSPS) is 14.3. The molecule has 1 aliphatic heterocycles. The molecule has 0 spiro atoms. The predicted molar refractivity (Wildman–Crippen MR) is 142 cm³/mol. The highest BCUT2D eigenvalue weighted by atomic mass is 32.2. The molecule has 0 bridgehead atoms. The summed E-state index contributed by atoms with van der Waals surface area (Å²) in [6.45, 7) is 1.33. The standard InChI is InChI=1S/C28H26N4O5S/c33-26(28-29-11-4-12-30-28)19-27(34)32(20-21-9-10-22-5-1-2-6-23(22)17-21)24-7-3-8-25(18-24)38(35,36)31-13-15-37-16-14-31/h1-12,17-18H,13-16,19-20H2. The number of anilines is 1. The molecule has 9 nitrogen and oxygen atoms in total. The lowest BCUT2D eigenvalue weighted by atomic mass is 10.1. The lowest BCUT2D eigenvalue weighted by Crippen LogP contribution is -2.40. The zero-order chi connectivity index (χ0) is 26.5. The van der Waals surface area contributed by atoms with Crippen molar-refractivity contribution in [2.75, 3.05) is 31.2 Å². The monoisotopic (exact) mass is 530 g/mol. The Labute approximate surface area is 220 Å². The van der Waals surface area contributed by atoms with Crippen LogP contribution in [0.3, 0.4) is 0 Å². The van der Waals surface area contributed by atoms with E-state index in [9.17, 15) is 18.0 Å². The van der Waals surface area contributed by atoms with Crippen molar-refractivity contribution >= 4 is 38.2 Å². The molecule has 0 radical (unpaired) electrons. The third-order valence-electron chi connectivity index (χ3n) is 6.32. The van der Waals surface area contributed by atoms with Gasteiger partial charge in [0, 0.05) is 31.2 Å². The molecule has 0 saturated carbocycles. The summed E-state index contributed by atoms with van der Waals surface area (Å²) in [4.78, 5) is 35.7. The third kappa shape index (κ3) is 5.62. The summed E-state index contributed by atoms with van der Waals surface area (Å²) in [5.41, 5.74) is 1.21. The molecule has 0 atom stereocenters. The lowest BCUT2D eigenvalue weighted by molar-refractivity contribution is -0.117. The largest absolute Gasteiger partial charge is 0.379 e. The SMILES string of the molecule is O=C(CC(=O)N(Cc1ccc2ccccc2c1)c1cccc(S(=O)(=O)N2CCOCC2)c1)c1ncccn1.